The van der Waals surface area contributed by atoms with E-state index in [1.165, 1.54) is 0 Å². The zero-order valence-corrected chi connectivity index (χ0v) is 13.7. The number of rotatable bonds is 3. The van der Waals surface area contributed by atoms with Crippen molar-refractivity contribution in [2.24, 2.45) is 0 Å². The van der Waals surface area contributed by atoms with Crippen LogP contribution >= 0.6 is 0 Å². The standard InChI is InChI=1S/C19H16N4O3/c24-18(15-11-14(20-21-15)12-6-2-1-3-7-12)22-23-19(25)17-10-13-8-4-5-9-16(13)26-17/h1-9,11,17H,10H2,(H,20,21)(H,22,24)(H,23,25)/t17-/m1/s1. The van der Waals surface area contributed by atoms with E-state index in [0.717, 1.165) is 11.1 Å². The van der Waals surface area contributed by atoms with Gasteiger partial charge < -0.3 is 4.74 Å². The van der Waals surface area contributed by atoms with Gasteiger partial charge in [-0.1, -0.05) is 48.5 Å². The molecule has 130 valence electrons. The molecule has 0 spiro atoms. The highest BCUT2D eigenvalue weighted by Crippen LogP contribution is 2.28. The molecule has 2 aromatic carbocycles. The quantitative estimate of drug-likeness (QED) is 0.629. The Morgan fingerprint density at radius 1 is 1.04 bits per heavy atom. The Labute approximate surface area is 149 Å². The number of hydrazine groups is 1. The van der Waals surface area contributed by atoms with E-state index in [1.54, 1.807) is 6.07 Å². The van der Waals surface area contributed by atoms with Crippen LogP contribution in [0.5, 0.6) is 5.75 Å². The van der Waals surface area contributed by atoms with Crippen LogP contribution < -0.4 is 15.6 Å². The van der Waals surface area contributed by atoms with Crippen molar-refractivity contribution < 1.29 is 14.3 Å². The molecule has 3 N–H and O–H groups in total. The van der Waals surface area contributed by atoms with Crippen molar-refractivity contribution in [1.82, 2.24) is 21.0 Å². The monoisotopic (exact) mass is 348 g/mol. The van der Waals surface area contributed by atoms with E-state index in [-0.39, 0.29) is 5.69 Å². The zero-order chi connectivity index (χ0) is 17.9. The van der Waals surface area contributed by atoms with Crippen LogP contribution in [0.1, 0.15) is 16.1 Å². The Hall–Kier alpha value is -3.61. The number of carbonyl (C=O) groups excluding carboxylic acids is 2. The van der Waals surface area contributed by atoms with E-state index in [1.807, 2.05) is 54.6 Å². The highest BCUT2D eigenvalue weighted by atomic mass is 16.5. The van der Waals surface area contributed by atoms with Crippen LogP contribution in [0.4, 0.5) is 0 Å². The van der Waals surface area contributed by atoms with E-state index < -0.39 is 17.9 Å². The Morgan fingerprint density at radius 2 is 1.81 bits per heavy atom. The smallest absolute Gasteiger partial charge is 0.287 e. The van der Waals surface area contributed by atoms with Crippen LogP contribution in [0, 0.1) is 0 Å². The van der Waals surface area contributed by atoms with Gasteiger partial charge in [0, 0.05) is 12.0 Å². The second-order valence-electron chi connectivity index (χ2n) is 5.89. The van der Waals surface area contributed by atoms with E-state index in [0.29, 0.717) is 17.9 Å². The van der Waals surface area contributed by atoms with Crippen molar-refractivity contribution in [3.05, 3.63) is 71.9 Å². The summed E-state index contributed by atoms with van der Waals surface area (Å²) >= 11 is 0. The molecular weight excluding hydrogens is 332 g/mol. The van der Waals surface area contributed by atoms with Gasteiger partial charge in [0.05, 0.1) is 5.69 Å². The van der Waals surface area contributed by atoms with Gasteiger partial charge in [0.15, 0.2) is 6.10 Å². The maximum Gasteiger partial charge on any atom is 0.287 e. The summed E-state index contributed by atoms with van der Waals surface area (Å²) in [6.45, 7) is 0. The molecule has 0 bridgehead atoms. The highest BCUT2D eigenvalue weighted by molar-refractivity contribution is 5.95. The van der Waals surface area contributed by atoms with Crippen LogP contribution in [0.2, 0.25) is 0 Å². The first-order chi connectivity index (χ1) is 12.7. The molecule has 1 aliphatic rings. The topological polar surface area (TPSA) is 96.1 Å². The van der Waals surface area contributed by atoms with Crippen molar-refractivity contribution in [1.29, 1.82) is 0 Å². The molecule has 2 amide bonds. The van der Waals surface area contributed by atoms with Gasteiger partial charge in [0.2, 0.25) is 0 Å². The maximum absolute atomic E-state index is 12.2. The molecule has 1 atom stereocenters. The molecule has 0 fully saturated rings. The number of H-pyrrole nitrogens is 1. The second-order valence-corrected chi connectivity index (χ2v) is 5.89. The number of hydrogen-bond donors (Lipinski definition) is 3. The SMILES string of the molecule is O=C(NNC(=O)[C@H]1Cc2ccccc2O1)c1cc(-c2ccccc2)n[nH]1. The van der Waals surface area contributed by atoms with Crippen LogP contribution in [-0.2, 0) is 11.2 Å². The Kier molecular flexibility index (Phi) is 4.10. The van der Waals surface area contributed by atoms with Crippen LogP contribution in [-0.4, -0.2) is 28.1 Å². The predicted octanol–water partition coefficient (Wildman–Crippen LogP) is 1.84. The van der Waals surface area contributed by atoms with Gasteiger partial charge in [-0.2, -0.15) is 5.10 Å². The van der Waals surface area contributed by atoms with E-state index in [9.17, 15) is 9.59 Å². The molecule has 7 heteroatoms. The molecule has 1 aromatic heterocycles. The minimum absolute atomic E-state index is 0.250. The first-order valence-electron chi connectivity index (χ1n) is 8.16. The lowest BCUT2D eigenvalue weighted by Crippen LogP contribution is -2.47. The number of benzene rings is 2. The minimum Gasteiger partial charge on any atom is -0.480 e. The number of amides is 2. The number of aromatic nitrogens is 2. The summed E-state index contributed by atoms with van der Waals surface area (Å²) in [6, 6.07) is 18.6. The molecule has 7 nitrogen and oxygen atoms in total. The molecule has 0 saturated carbocycles. The summed E-state index contributed by atoms with van der Waals surface area (Å²) in [5.41, 5.74) is 7.54. The van der Waals surface area contributed by atoms with Gasteiger partial charge in [0.1, 0.15) is 11.4 Å². The van der Waals surface area contributed by atoms with Gasteiger partial charge in [0.25, 0.3) is 11.8 Å². The predicted molar refractivity (Wildman–Crippen MR) is 94.2 cm³/mol. The van der Waals surface area contributed by atoms with Crippen molar-refractivity contribution in [2.75, 3.05) is 0 Å². The van der Waals surface area contributed by atoms with Crippen molar-refractivity contribution in [3.63, 3.8) is 0 Å². The number of aromatic amines is 1. The number of nitrogens with zero attached hydrogens (tertiary/aromatic N) is 1. The summed E-state index contributed by atoms with van der Waals surface area (Å²) < 4.78 is 5.59. The zero-order valence-electron chi connectivity index (χ0n) is 13.7. The summed E-state index contributed by atoms with van der Waals surface area (Å²) in [5.74, 6) is -0.194. The Morgan fingerprint density at radius 3 is 2.62 bits per heavy atom. The highest BCUT2D eigenvalue weighted by Gasteiger charge is 2.29. The second kappa shape index (κ2) is 6.72. The Bertz CT molecular complexity index is 927. The van der Waals surface area contributed by atoms with Crippen molar-refractivity contribution in [3.8, 4) is 17.0 Å². The van der Waals surface area contributed by atoms with Crippen LogP contribution in [0.15, 0.2) is 60.7 Å². The lowest BCUT2D eigenvalue weighted by atomic mass is 10.1. The number of hydrogen-bond acceptors (Lipinski definition) is 4. The van der Waals surface area contributed by atoms with Gasteiger partial charge in [-0.3, -0.25) is 25.5 Å². The summed E-state index contributed by atoms with van der Waals surface area (Å²) in [6.07, 6.45) is -0.186. The molecule has 4 rings (SSSR count). The largest absolute Gasteiger partial charge is 0.480 e. The van der Waals surface area contributed by atoms with Crippen molar-refractivity contribution in [2.45, 2.75) is 12.5 Å². The Balaban J connectivity index is 1.35. The first-order valence-corrected chi connectivity index (χ1v) is 8.16. The molecule has 1 aliphatic heterocycles. The van der Waals surface area contributed by atoms with Gasteiger partial charge in [-0.15, -0.1) is 0 Å². The number of para-hydroxylation sites is 1. The van der Waals surface area contributed by atoms with Crippen LogP contribution in [0.3, 0.4) is 0 Å². The normalized spacial score (nSPS) is 15.0. The average molecular weight is 348 g/mol. The fraction of sp³-hybridized carbons (Fsp3) is 0.105. The molecule has 26 heavy (non-hydrogen) atoms. The summed E-state index contributed by atoms with van der Waals surface area (Å²) in [5, 5.41) is 6.78. The number of ether oxygens (including phenoxy) is 1. The van der Waals surface area contributed by atoms with E-state index >= 15 is 0 Å². The molecule has 3 aromatic rings. The minimum atomic E-state index is -0.658. The average Bonchev–Trinajstić information content (AvgIpc) is 3.33. The van der Waals surface area contributed by atoms with Crippen LogP contribution in [0.25, 0.3) is 11.3 Å². The maximum atomic E-state index is 12.2. The summed E-state index contributed by atoms with van der Waals surface area (Å²) in [4.78, 5) is 24.4. The molecule has 0 unspecified atom stereocenters. The van der Waals surface area contributed by atoms with Gasteiger partial charge >= 0.3 is 0 Å². The first kappa shape index (κ1) is 15.9. The number of carbonyl (C=O) groups is 2. The van der Waals surface area contributed by atoms with Gasteiger partial charge in [-0.25, -0.2) is 0 Å². The van der Waals surface area contributed by atoms with Gasteiger partial charge in [-0.05, 0) is 17.7 Å². The third-order valence-electron chi connectivity index (χ3n) is 4.13. The van der Waals surface area contributed by atoms with Crippen molar-refractivity contribution >= 4 is 11.8 Å². The van der Waals surface area contributed by atoms with E-state index in [4.69, 9.17) is 4.74 Å². The fourth-order valence-electron chi connectivity index (χ4n) is 2.79. The lowest BCUT2D eigenvalue weighted by Gasteiger charge is -2.11. The molecule has 0 aliphatic carbocycles. The molecular formula is C19H16N4O3. The fourth-order valence-corrected chi connectivity index (χ4v) is 2.79. The summed E-state index contributed by atoms with van der Waals surface area (Å²) in [7, 11) is 0. The number of fused-ring (bicyclic) bond motifs is 1. The lowest BCUT2D eigenvalue weighted by molar-refractivity contribution is -0.128. The third-order valence-corrected chi connectivity index (χ3v) is 4.13. The molecule has 2 heterocycles. The third kappa shape index (κ3) is 3.14. The molecule has 0 saturated heterocycles. The molecule has 0 radical (unpaired) electrons. The number of nitrogens with one attached hydrogen (secondary N) is 3. The van der Waals surface area contributed by atoms with E-state index in [2.05, 4.69) is 21.0 Å².